The Morgan fingerprint density at radius 2 is 1.90 bits per heavy atom. The van der Waals surface area contributed by atoms with Crippen molar-refractivity contribution in [1.29, 1.82) is 0 Å². The Morgan fingerprint density at radius 3 is 2.55 bits per heavy atom. The van der Waals surface area contributed by atoms with Crippen LogP contribution in [0.1, 0.15) is 11.1 Å². The third-order valence-corrected chi connectivity index (χ3v) is 3.72. The van der Waals surface area contributed by atoms with E-state index in [-0.39, 0.29) is 5.84 Å². The van der Waals surface area contributed by atoms with Crippen molar-refractivity contribution in [3.05, 3.63) is 59.7 Å². The lowest BCUT2D eigenvalue weighted by molar-refractivity contribution is 0.318. The van der Waals surface area contributed by atoms with E-state index in [1.807, 2.05) is 36.4 Å². The first-order valence-electron chi connectivity index (χ1n) is 6.18. The summed E-state index contributed by atoms with van der Waals surface area (Å²) in [6.45, 7) is 0.616. The van der Waals surface area contributed by atoms with Crippen LogP contribution < -0.4 is 11.1 Å². The molecule has 0 amide bonds. The van der Waals surface area contributed by atoms with E-state index < -0.39 is 0 Å². The molecule has 0 aromatic heterocycles. The molecule has 0 aliphatic carbocycles. The predicted molar refractivity (Wildman–Crippen MR) is 84.5 cm³/mol. The van der Waals surface area contributed by atoms with E-state index in [1.165, 1.54) is 4.90 Å². The van der Waals surface area contributed by atoms with Gasteiger partial charge in [0.2, 0.25) is 0 Å². The maximum atomic E-state index is 8.80. The van der Waals surface area contributed by atoms with Crippen molar-refractivity contribution in [2.24, 2.45) is 10.9 Å². The van der Waals surface area contributed by atoms with Crippen molar-refractivity contribution in [3.63, 3.8) is 0 Å². The van der Waals surface area contributed by atoms with Crippen molar-refractivity contribution in [2.75, 3.05) is 11.6 Å². The van der Waals surface area contributed by atoms with Crippen molar-refractivity contribution in [2.45, 2.75) is 11.4 Å². The topological polar surface area (TPSA) is 70.6 Å². The molecular formula is C15H17N3OS. The van der Waals surface area contributed by atoms with Gasteiger partial charge in [0.05, 0.1) is 0 Å². The highest BCUT2D eigenvalue weighted by Gasteiger charge is 2.05. The number of hydrogen-bond acceptors (Lipinski definition) is 4. The number of nitrogens with two attached hydrogens (primary N) is 1. The smallest absolute Gasteiger partial charge is 0.170 e. The Kier molecular flexibility index (Phi) is 4.90. The van der Waals surface area contributed by atoms with E-state index in [9.17, 15) is 0 Å². The van der Waals surface area contributed by atoms with E-state index >= 15 is 0 Å². The molecule has 0 spiro atoms. The van der Waals surface area contributed by atoms with Gasteiger partial charge in [-0.05, 0) is 36.1 Å². The minimum atomic E-state index is 0.125. The van der Waals surface area contributed by atoms with E-state index in [2.05, 4.69) is 28.9 Å². The highest BCUT2D eigenvalue weighted by atomic mass is 32.2. The summed E-state index contributed by atoms with van der Waals surface area (Å²) in [7, 11) is 0. The Hall–Kier alpha value is -2.14. The van der Waals surface area contributed by atoms with Gasteiger partial charge in [-0.3, -0.25) is 0 Å². The second kappa shape index (κ2) is 6.86. The number of thioether (sulfide) groups is 1. The Balaban J connectivity index is 2.10. The van der Waals surface area contributed by atoms with Crippen molar-refractivity contribution < 1.29 is 5.21 Å². The number of benzene rings is 2. The molecule has 0 saturated heterocycles. The average Bonchev–Trinajstić information content (AvgIpc) is 2.53. The first-order chi connectivity index (χ1) is 9.74. The minimum Gasteiger partial charge on any atom is -0.409 e. The first-order valence-corrected chi connectivity index (χ1v) is 7.41. The quantitative estimate of drug-likeness (QED) is 0.260. The van der Waals surface area contributed by atoms with Gasteiger partial charge in [-0.25, -0.2) is 0 Å². The van der Waals surface area contributed by atoms with Gasteiger partial charge in [-0.1, -0.05) is 29.4 Å². The van der Waals surface area contributed by atoms with E-state index in [1.54, 1.807) is 11.8 Å². The number of oxime groups is 1. The highest BCUT2D eigenvalue weighted by molar-refractivity contribution is 7.98. The maximum absolute atomic E-state index is 8.80. The molecule has 104 valence electrons. The van der Waals surface area contributed by atoms with E-state index in [0.29, 0.717) is 6.54 Å². The Bertz CT molecular complexity index is 596. The van der Waals surface area contributed by atoms with E-state index in [0.717, 1.165) is 16.8 Å². The minimum absolute atomic E-state index is 0.125. The Morgan fingerprint density at radius 1 is 1.20 bits per heavy atom. The zero-order valence-electron chi connectivity index (χ0n) is 11.2. The average molecular weight is 287 g/mol. The monoisotopic (exact) mass is 287 g/mol. The van der Waals surface area contributed by atoms with Gasteiger partial charge in [-0.15, -0.1) is 11.8 Å². The second-order valence-corrected chi connectivity index (χ2v) is 5.10. The molecule has 2 aromatic carbocycles. The summed E-state index contributed by atoms with van der Waals surface area (Å²) < 4.78 is 0. The fraction of sp³-hybridized carbons (Fsp3) is 0.133. The van der Waals surface area contributed by atoms with Gasteiger partial charge < -0.3 is 16.3 Å². The van der Waals surface area contributed by atoms with Crippen LogP contribution in [-0.2, 0) is 6.54 Å². The standard InChI is InChI=1S/C15H17N3OS/c1-20-13-8-6-12(7-9-13)17-10-11-4-2-3-5-14(11)15(16)18-19/h2-9,17,19H,10H2,1H3,(H2,16,18). The molecule has 0 fully saturated rings. The maximum Gasteiger partial charge on any atom is 0.170 e. The van der Waals surface area contributed by atoms with Crippen LogP contribution in [0.4, 0.5) is 5.69 Å². The predicted octanol–water partition coefficient (Wildman–Crippen LogP) is 3.12. The number of hydrogen-bond donors (Lipinski definition) is 3. The fourth-order valence-corrected chi connectivity index (χ4v) is 2.29. The number of anilines is 1. The van der Waals surface area contributed by atoms with Crippen LogP contribution in [0.2, 0.25) is 0 Å². The van der Waals surface area contributed by atoms with Crippen LogP contribution in [0.3, 0.4) is 0 Å². The second-order valence-electron chi connectivity index (χ2n) is 4.22. The molecule has 4 nitrogen and oxygen atoms in total. The summed E-state index contributed by atoms with van der Waals surface area (Å²) in [6, 6.07) is 15.8. The molecule has 0 aliphatic rings. The van der Waals surface area contributed by atoms with Crippen molar-refractivity contribution >= 4 is 23.3 Å². The van der Waals surface area contributed by atoms with Crippen LogP contribution >= 0.6 is 11.8 Å². The van der Waals surface area contributed by atoms with Crippen LogP contribution in [-0.4, -0.2) is 17.3 Å². The lowest BCUT2D eigenvalue weighted by Crippen LogP contribution is -2.16. The highest BCUT2D eigenvalue weighted by Crippen LogP contribution is 2.18. The van der Waals surface area contributed by atoms with Gasteiger partial charge in [0, 0.05) is 22.7 Å². The summed E-state index contributed by atoms with van der Waals surface area (Å²) in [5.41, 5.74) is 8.43. The molecule has 0 unspecified atom stereocenters. The van der Waals surface area contributed by atoms with Gasteiger partial charge >= 0.3 is 0 Å². The van der Waals surface area contributed by atoms with Gasteiger partial charge in [0.1, 0.15) is 0 Å². The molecule has 0 aliphatic heterocycles. The van der Waals surface area contributed by atoms with Gasteiger partial charge in [-0.2, -0.15) is 0 Å². The molecule has 0 radical (unpaired) electrons. The molecule has 2 rings (SSSR count). The largest absolute Gasteiger partial charge is 0.409 e. The third kappa shape index (κ3) is 3.45. The van der Waals surface area contributed by atoms with Crippen molar-refractivity contribution in [1.82, 2.24) is 0 Å². The molecule has 0 heterocycles. The summed E-state index contributed by atoms with van der Waals surface area (Å²) in [4.78, 5) is 1.23. The summed E-state index contributed by atoms with van der Waals surface area (Å²) >= 11 is 1.71. The molecule has 0 bridgehead atoms. The Labute approximate surface area is 122 Å². The zero-order chi connectivity index (χ0) is 14.4. The number of nitrogens with one attached hydrogen (secondary N) is 1. The van der Waals surface area contributed by atoms with Crippen LogP contribution in [0.25, 0.3) is 0 Å². The third-order valence-electron chi connectivity index (χ3n) is 2.97. The molecule has 5 heteroatoms. The number of nitrogens with zero attached hydrogens (tertiary/aromatic N) is 1. The summed E-state index contributed by atoms with van der Waals surface area (Å²) in [6.07, 6.45) is 2.05. The number of rotatable bonds is 5. The van der Waals surface area contributed by atoms with Gasteiger partial charge in [0.15, 0.2) is 5.84 Å². The normalized spacial score (nSPS) is 11.3. The zero-order valence-corrected chi connectivity index (χ0v) is 12.0. The fourth-order valence-electron chi connectivity index (χ4n) is 1.88. The van der Waals surface area contributed by atoms with Crippen LogP contribution in [0.15, 0.2) is 58.6 Å². The van der Waals surface area contributed by atoms with Crippen LogP contribution in [0, 0.1) is 0 Å². The van der Waals surface area contributed by atoms with E-state index in [4.69, 9.17) is 10.9 Å². The lowest BCUT2D eigenvalue weighted by Gasteiger charge is -2.10. The first kappa shape index (κ1) is 14.3. The molecule has 4 N–H and O–H groups in total. The molecule has 20 heavy (non-hydrogen) atoms. The van der Waals surface area contributed by atoms with Crippen LogP contribution in [0.5, 0.6) is 0 Å². The molecule has 0 atom stereocenters. The summed E-state index contributed by atoms with van der Waals surface area (Å²) in [5.74, 6) is 0.125. The number of amidine groups is 1. The van der Waals surface area contributed by atoms with Crippen molar-refractivity contribution in [3.8, 4) is 0 Å². The molecule has 2 aromatic rings. The SMILES string of the molecule is CSc1ccc(NCc2ccccc2C(N)=NO)cc1. The lowest BCUT2D eigenvalue weighted by atomic mass is 10.1. The molecular weight excluding hydrogens is 270 g/mol. The van der Waals surface area contributed by atoms with Gasteiger partial charge in [0.25, 0.3) is 0 Å². The summed E-state index contributed by atoms with van der Waals surface area (Å²) in [5, 5.41) is 15.2. The molecule has 0 saturated carbocycles.